The largest absolute Gasteiger partial charge is 0.390 e. The van der Waals surface area contributed by atoms with Crippen LogP contribution in [0.2, 0.25) is 5.02 Å². The number of halogens is 1. The monoisotopic (exact) mass is 214 g/mol. The summed E-state index contributed by atoms with van der Waals surface area (Å²) in [6.45, 7) is 4.97. The molecule has 1 aromatic heterocycles. The van der Waals surface area contributed by atoms with E-state index in [1.807, 2.05) is 6.07 Å². The molecular formula is C10H15ClN2O. The molecule has 0 aliphatic carbocycles. The Bertz CT molecular complexity index is 302. The average Bonchev–Trinajstić information content (AvgIpc) is 2.16. The van der Waals surface area contributed by atoms with Crippen molar-refractivity contribution in [3.05, 3.63) is 22.8 Å². The van der Waals surface area contributed by atoms with Gasteiger partial charge in [-0.15, -0.1) is 0 Å². The maximum atomic E-state index is 8.95. The van der Waals surface area contributed by atoms with Gasteiger partial charge in [-0.3, -0.25) is 0 Å². The Balaban J connectivity index is 2.69. The van der Waals surface area contributed by atoms with Crippen LogP contribution >= 0.6 is 11.6 Å². The number of rotatable bonds is 4. The minimum atomic E-state index is -0.129. The Hall–Kier alpha value is -0.800. The van der Waals surface area contributed by atoms with E-state index in [0.717, 1.165) is 12.4 Å². The molecule has 0 saturated heterocycles. The quantitative estimate of drug-likeness (QED) is 0.809. The van der Waals surface area contributed by atoms with Crippen LogP contribution in [0.3, 0.4) is 0 Å². The van der Waals surface area contributed by atoms with Crippen LogP contribution in [0.1, 0.15) is 19.5 Å². The number of nitrogens with one attached hydrogen (secondary N) is 1. The Labute approximate surface area is 89.1 Å². The van der Waals surface area contributed by atoms with Crippen LogP contribution in [0.15, 0.2) is 12.1 Å². The standard InChI is InChI=1S/C10H15ClN2O/c1-7(2)5-12-10-4-3-8(11)9(6-14)13-10/h3-4,7,14H,5-6H2,1-2H3,(H,12,13). The molecule has 0 amide bonds. The third kappa shape index (κ3) is 3.16. The van der Waals surface area contributed by atoms with E-state index >= 15 is 0 Å². The molecule has 0 atom stereocenters. The van der Waals surface area contributed by atoms with Crippen LogP contribution in [0.4, 0.5) is 5.82 Å². The van der Waals surface area contributed by atoms with Crippen molar-refractivity contribution in [1.29, 1.82) is 0 Å². The fourth-order valence-electron chi connectivity index (χ4n) is 1.00. The zero-order valence-electron chi connectivity index (χ0n) is 8.42. The van der Waals surface area contributed by atoms with Gasteiger partial charge in [0, 0.05) is 6.54 Å². The summed E-state index contributed by atoms with van der Waals surface area (Å²) >= 11 is 5.81. The minimum absolute atomic E-state index is 0.129. The fraction of sp³-hybridized carbons (Fsp3) is 0.500. The maximum Gasteiger partial charge on any atom is 0.126 e. The second-order valence-electron chi connectivity index (χ2n) is 3.56. The summed E-state index contributed by atoms with van der Waals surface area (Å²) in [4.78, 5) is 4.17. The molecule has 1 rings (SSSR count). The molecule has 1 aromatic rings. The van der Waals surface area contributed by atoms with Crippen molar-refractivity contribution < 1.29 is 5.11 Å². The van der Waals surface area contributed by atoms with Crippen molar-refractivity contribution in [2.45, 2.75) is 20.5 Å². The summed E-state index contributed by atoms with van der Waals surface area (Å²) in [5.74, 6) is 1.32. The van der Waals surface area contributed by atoms with E-state index in [1.165, 1.54) is 0 Å². The predicted molar refractivity (Wildman–Crippen MR) is 58.5 cm³/mol. The number of nitrogens with zero attached hydrogens (tertiary/aromatic N) is 1. The van der Waals surface area contributed by atoms with E-state index in [9.17, 15) is 0 Å². The van der Waals surface area contributed by atoms with Crippen molar-refractivity contribution in [2.75, 3.05) is 11.9 Å². The molecular weight excluding hydrogens is 200 g/mol. The Morgan fingerprint density at radius 1 is 1.50 bits per heavy atom. The van der Waals surface area contributed by atoms with Gasteiger partial charge in [0.15, 0.2) is 0 Å². The molecule has 78 valence electrons. The van der Waals surface area contributed by atoms with E-state index in [1.54, 1.807) is 6.07 Å². The molecule has 0 unspecified atom stereocenters. The molecule has 14 heavy (non-hydrogen) atoms. The molecule has 0 radical (unpaired) electrons. The SMILES string of the molecule is CC(C)CNc1ccc(Cl)c(CO)n1. The highest BCUT2D eigenvalue weighted by atomic mass is 35.5. The number of pyridine rings is 1. The van der Waals surface area contributed by atoms with Crippen molar-refractivity contribution >= 4 is 17.4 Å². The second kappa shape index (κ2) is 5.17. The normalized spacial score (nSPS) is 10.6. The van der Waals surface area contributed by atoms with Crippen molar-refractivity contribution in [1.82, 2.24) is 4.98 Å². The molecule has 0 aliphatic rings. The van der Waals surface area contributed by atoms with E-state index in [2.05, 4.69) is 24.1 Å². The summed E-state index contributed by atoms with van der Waals surface area (Å²) in [5, 5.41) is 12.6. The van der Waals surface area contributed by atoms with Gasteiger partial charge in [-0.2, -0.15) is 0 Å². The number of aliphatic hydroxyl groups excluding tert-OH is 1. The van der Waals surface area contributed by atoms with Gasteiger partial charge in [0.1, 0.15) is 5.82 Å². The lowest BCUT2D eigenvalue weighted by atomic mass is 10.2. The van der Waals surface area contributed by atoms with Gasteiger partial charge in [0.25, 0.3) is 0 Å². The third-order valence-corrected chi connectivity index (χ3v) is 2.10. The maximum absolute atomic E-state index is 8.95. The van der Waals surface area contributed by atoms with Crippen LogP contribution in [-0.4, -0.2) is 16.6 Å². The molecule has 3 nitrogen and oxygen atoms in total. The van der Waals surface area contributed by atoms with Gasteiger partial charge < -0.3 is 10.4 Å². The topological polar surface area (TPSA) is 45.1 Å². The Morgan fingerprint density at radius 2 is 2.21 bits per heavy atom. The molecule has 2 N–H and O–H groups in total. The summed E-state index contributed by atoms with van der Waals surface area (Å²) in [6, 6.07) is 3.55. The van der Waals surface area contributed by atoms with E-state index in [-0.39, 0.29) is 6.61 Å². The highest BCUT2D eigenvalue weighted by molar-refractivity contribution is 6.31. The number of anilines is 1. The van der Waals surface area contributed by atoms with Crippen LogP contribution in [-0.2, 0) is 6.61 Å². The molecule has 0 fully saturated rings. The molecule has 4 heteroatoms. The van der Waals surface area contributed by atoms with Crippen LogP contribution in [0, 0.1) is 5.92 Å². The summed E-state index contributed by atoms with van der Waals surface area (Å²) < 4.78 is 0. The lowest BCUT2D eigenvalue weighted by Gasteiger charge is -2.09. The summed E-state index contributed by atoms with van der Waals surface area (Å²) in [7, 11) is 0. The summed E-state index contributed by atoms with van der Waals surface area (Å²) in [6.07, 6.45) is 0. The van der Waals surface area contributed by atoms with Crippen molar-refractivity contribution in [3.8, 4) is 0 Å². The number of aliphatic hydroxyl groups is 1. The van der Waals surface area contributed by atoms with E-state index < -0.39 is 0 Å². The van der Waals surface area contributed by atoms with E-state index in [0.29, 0.717) is 16.6 Å². The number of hydrogen-bond donors (Lipinski definition) is 2. The highest BCUT2D eigenvalue weighted by Crippen LogP contribution is 2.16. The lowest BCUT2D eigenvalue weighted by molar-refractivity contribution is 0.277. The molecule has 0 saturated carbocycles. The first-order valence-electron chi connectivity index (χ1n) is 4.63. The highest BCUT2D eigenvalue weighted by Gasteiger charge is 2.02. The zero-order valence-corrected chi connectivity index (χ0v) is 9.17. The van der Waals surface area contributed by atoms with Crippen molar-refractivity contribution in [3.63, 3.8) is 0 Å². The molecule has 1 heterocycles. The summed E-state index contributed by atoms with van der Waals surface area (Å²) in [5.41, 5.74) is 0.514. The average molecular weight is 215 g/mol. The minimum Gasteiger partial charge on any atom is -0.390 e. The van der Waals surface area contributed by atoms with Gasteiger partial charge in [0.05, 0.1) is 17.3 Å². The molecule has 0 aromatic carbocycles. The van der Waals surface area contributed by atoms with E-state index in [4.69, 9.17) is 16.7 Å². The molecule has 0 bridgehead atoms. The van der Waals surface area contributed by atoms with Crippen molar-refractivity contribution in [2.24, 2.45) is 5.92 Å². The lowest BCUT2D eigenvalue weighted by Crippen LogP contribution is -2.09. The first-order chi connectivity index (χ1) is 6.63. The van der Waals surface area contributed by atoms with Gasteiger partial charge in [-0.25, -0.2) is 4.98 Å². The zero-order chi connectivity index (χ0) is 10.6. The predicted octanol–water partition coefficient (Wildman–Crippen LogP) is 2.30. The smallest absolute Gasteiger partial charge is 0.126 e. The van der Waals surface area contributed by atoms with Gasteiger partial charge in [-0.05, 0) is 18.1 Å². The first kappa shape index (κ1) is 11.3. The fourth-order valence-corrected chi connectivity index (χ4v) is 1.17. The Morgan fingerprint density at radius 3 is 2.79 bits per heavy atom. The van der Waals surface area contributed by atoms with Crippen LogP contribution in [0.25, 0.3) is 0 Å². The Kier molecular flexibility index (Phi) is 4.17. The third-order valence-electron chi connectivity index (χ3n) is 1.76. The first-order valence-corrected chi connectivity index (χ1v) is 5.01. The van der Waals surface area contributed by atoms with Gasteiger partial charge in [-0.1, -0.05) is 25.4 Å². The molecule has 0 aliphatic heterocycles. The van der Waals surface area contributed by atoms with Gasteiger partial charge in [0.2, 0.25) is 0 Å². The molecule has 0 spiro atoms. The van der Waals surface area contributed by atoms with Crippen LogP contribution in [0.5, 0.6) is 0 Å². The second-order valence-corrected chi connectivity index (χ2v) is 3.97. The number of aromatic nitrogens is 1. The van der Waals surface area contributed by atoms with Crippen LogP contribution < -0.4 is 5.32 Å². The van der Waals surface area contributed by atoms with Gasteiger partial charge >= 0.3 is 0 Å². The number of hydrogen-bond acceptors (Lipinski definition) is 3.